The van der Waals surface area contributed by atoms with E-state index < -0.39 is 0 Å². The van der Waals surface area contributed by atoms with E-state index in [0.29, 0.717) is 0 Å². The normalized spacial score (nSPS) is 11.4. The molecule has 0 amide bonds. The fourth-order valence-corrected chi connectivity index (χ4v) is 1.96. The predicted octanol–water partition coefficient (Wildman–Crippen LogP) is 3.07. The van der Waals surface area contributed by atoms with Gasteiger partial charge < -0.3 is 9.47 Å². The maximum absolute atomic E-state index is 5.33. The number of rotatable bonds is 9. The smallest absolute Gasteiger partial charge is 0.126 e. The van der Waals surface area contributed by atoms with E-state index in [1.54, 1.807) is 14.2 Å². The Labute approximate surface area is 116 Å². The lowest BCUT2D eigenvalue weighted by Gasteiger charge is -2.19. The van der Waals surface area contributed by atoms with Gasteiger partial charge >= 0.3 is 0 Å². The van der Waals surface area contributed by atoms with Gasteiger partial charge in [-0.1, -0.05) is 37.3 Å². The summed E-state index contributed by atoms with van der Waals surface area (Å²) in [6, 6.07) is 8.05. The Morgan fingerprint density at radius 3 is 2.63 bits per heavy atom. The topological polar surface area (TPSA) is 21.7 Å². The summed E-state index contributed by atoms with van der Waals surface area (Å²) in [6.07, 6.45) is 5.46. The lowest BCUT2D eigenvalue weighted by molar-refractivity contribution is 0.154. The molecular formula is C16H25NO2. The molecule has 0 saturated heterocycles. The van der Waals surface area contributed by atoms with Crippen LogP contribution in [0.5, 0.6) is 5.75 Å². The Morgan fingerprint density at radius 2 is 1.95 bits per heavy atom. The van der Waals surface area contributed by atoms with E-state index in [-0.39, 0.29) is 0 Å². The van der Waals surface area contributed by atoms with E-state index in [0.717, 1.165) is 44.0 Å². The van der Waals surface area contributed by atoms with Gasteiger partial charge in [-0.3, -0.25) is 4.90 Å². The molecule has 0 radical (unpaired) electrons. The van der Waals surface area contributed by atoms with Gasteiger partial charge in [0.25, 0.3) is 0 Å². The summed E-state index contributed by atoms with van der Waals surface area (Å²) in [5.41, 5.74) is 1.12. The van der Waals surface area contributed by atoms with E-state index in [4.69, 9.17) is 9.47 Å². The number of methoxy groups -OCH3 is 2. The monoisotopic (exact) mass is 263 g/mol. The lowest BCUT2D eigenvalue weighted by atomic mass is 10.2. The van der Waals surface area contributed by atoms with Crippen LogP contribution in [-0.2, 0) is 4.74 Å². The number of para-hydroxylation sites is 1. The molecule has 0 fully saturated rings. The SMILES string of the molecule is CCCN(CC=Cc1ccccc1OC)CCOC. The van der Waals surface area contributed by atoms with Gasteiger partial charge in [0.05, 0.1) is 13.7 Å². The van der Waals surface area contributed by atoms with E-state index in [9.17, 15) is 0 Å². The van der Waals surface area contributed by atoms with Crippen LogP contribution in [0.3, 0.4) is 0 Å². The minimum Gasteiger partial charge on any atom is -0.496 e. The molecule has 3 heteroatoms. The number of ether oxygens (including phenoxy) is 2. The minimum absolute atomic E-state index is 0.780. The standard InChI is InChI=1S/C16H25NO2/c1-4-11-17(13-14-18-2)12-7-9-15-8-5-6-10-16(15)19-3/h5-10H,4,11-14H2,1-3H3. The summed E-state index contributed by atoms with van der Waals surface area (Å²) < 4.78 is 10.5. The molecule has 1 aromatic carbocycles. The van der Waals surface area contributed by atoms with Crippen molar-refractivity contribution in [2.45, 2.75) is 13.3 Å². The third kappa shape index (κ3) is 5.90. The Balaban J connectivity index is 2.54. The molecule has 0 atom stereocenters. The number of nitrogens with zero attached hydrogens (tertiary/aromatic N) is 1. The number of hydrogen-bond donors (Lipinski definition) is 0. The van der Waals surface area contributed by atoms with Crippen molar-refractivity contribution in [3.05, 3.63) is 35.9 Å². The van der Waals surface area contributed by atoms with Crippen LogP contribution in [0.25, 0.3) is 6.08 Å². The third-order valence-corrected chi connectivity index (χ3v) is 2.95. The Kier molecular flexibility index (Phi) is 7.94. The average Bonchev–Trinajstić information content (AvgIpc) is 2.45. The van der Waals surface area contributed by atoms with Crippen molar-refractivity contribution < 1.29 is 9.47 Å². The highest BCUT2D eigenvalue weighted by molar-refractivity contribution is 5.57. The maximum atomic E-state index is 5.33. The molecular weight excluding hydrogens is 238 g/mol. The minimum atomic E-state index is 0.780. The van der Waals surface area contributed by atoms with E-state index in [1.807, 2.05) is 18.2 Å². The first-order chi connectivity index (χ1) is 9.31. The molecule has 0 spiro atoms. The van der Waals surface area contributed by atoms with Crippen molar-refractivity contribution in [1.29, 1.82) is 0 Å². The van der Waals surface area contributed by atoms with Gasteiger partial charge in [0.2, 0.25) is 0 Å². The fraction of sp³-hybridized carbons (Fsp3) is 0.500. The second-order valence-electron chi connectivity index (χ2n) is 4.44. The molecule has 0 aromatic heterocycles. The van der Waals surface area contributed by atoms with Gasteiger partial charge in [-0.2, -0.15) is 0 Å². The first-order valence-electron chi connectivity index (χ1n) is 6.82. The van der Waals surface area contributed by atoms with Crippen LogP contribution >= 0.6 is 0 Å². The number of hydrogen-bond acceptors (Lipinski definition) is 3. The van der Waals surface area contributed by atoms with E-state index in [2.05, 4.69) is 30.0 Å². The quantitative estimate of drug-likeness (QED) is 0.683. The van der Waals surface area contributed by atoms with Crippen molar-refractivity contribution in [1.82, 2.24) is 4.90 Å². The van der Waals surface area contributed by atoms with Gasteiger partial charge in [0, 0.05) is 25.8 Å². The first-order valence-corrected chi connectivity index (χ1v) is 6.82. The van der Waals surface area contributed by atoms with Crippen LogP contribution < -0.4 is 4.74 Å². The molecule has 19 heavy (non-hydrogen) atoms. The van der Waals surface area contributed by atoms with Crippen molar-refractivity contribution in [3.8, 4) is 5.75 Å². The second-order valence-corrected chi connectivity index (χ2v) is 4.44. The summed E-state index contributed by atoms with van der Waals surface area (Å²) in [5, 5.41) is 0. The van der Waals surface area contributed by atoms with E-state index in [1.165, 1.54) is 0 Å². The number of benzene rings is 1. The summed E-state index contributed by atoms with van der Waals surface area (Å²) in [6.45, 7) is 5.99. The van der Waals surface area contributed by atoms with Crippen molar-refractivity contribution in [3.63, 3.8) is 0 Å². The highest BCUT2D eigenvalue weighted by Crippen LogP contribution is 2.18. The lowest BCUT2D eigenvalue weighted by Crippen LogP contribution is -2.28. The summed E-state index contributed by atoms with van der Waals surface area (Å²) in [4.78, 5) is 2.38. The highest BCUT2D eigenvalue weighted by atomic mass is 16.5. The zero-order valence-electron chi connectivity index (χ0n) is 12.3. The molecule has 1 aromatic rings. The molecule has 0 bridgehead atoms. The zero-order chi connectivity index (χ0) is 13.9. The van der Waals surface area contributed by atoms with Crippen LogP contribution in [0.4, 0.5) is 0 Å². The molecule has 0 N–H and O–H groups in total. The molecule has 106 valence electrons. The Bertz CT molecular complexity index is 377. The summed E-state index contributed by atoms with van der Waals surface area (Å²) in [7, 11) is 3.45. The second kappa shape index (κ2) is 9.59. The average molecular weight is 263 g/mol. The van der Waals surface area contributed by atoms with Gasteiger partial charge in [0.1, 0.15) is 5.75 Å². The van der Waals surface area contributed by atoms with Gasteiger partial charge in [-0.05, 0) is 19.0 Å². The van der Waals surface area contributed by atoms with Crippen LogP contribution in [0.2, 0.25) is 0 Å². The molecule has 0 heterocycles. The molecule has 3 nitrogen and oxygen atoms in total. The Morgan fingerprint density at radius 1 is 1.16 bits per heavy atom. The first kappa shape index (κ1) is 15.7. The van der Waals surface area contributed by atoms with Crippen molar-refractivity contribution in [2.24, 2.45) is 0 Å². The zero-order valence-corrected chi connectivity index (χ0v) is 12.3. The van der Waals surface area contributed by atoms with Crippen molar-refractivity contribution >= 4 is 6.08 Å². The molecule has 0 unspecified atom stereocenters. The largest absolute Gasteiger partial charge is 0.496 e. The summed E-state index contributed by atoms with van der Waals surface area (Å²) in [5.74, 6) is 0.915. The van der Waals surface area contributed by atoms with Gasteiger partial charge in [-0.15, -0.1) is 0 Å². The maximum Gasteiger partial charge on any atom is 0.126 e. The third-order valence-electron chi connectivity index (χ3n) is 2.95. The molecule has 1 rings (SSSR count). The van der Waals surface area contributed by atoms with Gasteiger partial charge in [-0.25, -0.2) is 0 Å². The predicted molar refractivity (Wildman–Crippen MR) is 80.6 cm³/mol. The Hall–Kier alpha value is -1.32. The highest BCUT2D eigenvalue weighted by Gasteiger charge is 2.01. The van der Waals surface area contributed by atoms with Crippen LogP contribution in [0.1, 0.15) is 18.9 Å². The van der Waals surface area contributed by atoms with Gasteiger partial charge in [0.15, 0.2) is 0 Å². The van der Waals surface area contributed by atoms with Crippen LogP contribution in [0, 0.1) is 0 Å². The molecule has 0 aliphatic carbocycles. The summed E-state index contributed by atoms with van der Waals surface area (Å²) >= 11 is 0. The van der Waals surface area contributed by atoms with E-state index >= 15 is 0 Å². The molecule has 0 aliphatic heterocycles. The van der Waals surface area contributed by atoms with Crippen LogP contribution in [0.15, 0.2) is 30.3 Å². The van der Waals surface area contributed by atoms with Crippen LogP contribution in [-0.4, -0.2) is 45.4 Å². The fourth-order valence-electron chi connectivity index (χ4n) is 1.96. The molecule has 0 saturated carbocycles. The molecule has 0 aliphatic rings. The van der Waals surface area contributed by atoms with Crippen molar-refractivity contribution in [2.75, 3.05) is 40.5 Å².